The predicted molar refractivity (Wildman–Crippen MR) is 95.7 cm³/mol. The van der Waals surface area contributed by atoms with Crippen molar-refractivity contribution in [3.63, 3.8) is 0 Å². The lowest BCUT2D eigenvalue weighted by molar-refractivity contribution is -0.137. The summed E-state index contributed by atoms with van der Waals surface area (Å²) in [5.74, 6) is 0.0689. The first-order valence-electron chi connectivity index (χ1n) is 8.52. The van der Waals surface area contributed by atoms with Gasteiger partial charge in [0, 0.05) is 25.0 Å². The lowest BCUT2D eigenvalue weighted by Gasteiger charge is -2.36. The first-order valence-corrected chi connectivity index (χ1v) is 8.52. The highest BCUT2D eigenvalue weighted by Gasteiger charge is 2.37. The molecule has 1 aliphatic rings. The number of rotatable bonds is 4. The fourth-order valence-corrected chi connectivity index (χ4v) is 3.11. The molecule has 2 aromatic rings. The van der Waals surface area contributed by atoms with Gasteiger partial charge >= 0.3 is 6.18 Å². The van der Waals surface area contributed by atoms with E-state index in [1.807, 2.05) is 25.2 Å². The highest BCUT2D eigenvalue weighted by atomic mass is 19.4. The highest BCUT2D eigenvalue weighted by molar-refractivity contribution is 5.57. The fourth-order valence-electron chi connectivity index (χ4n) is 3.11. The molecule has 0 saturated carbocycles. The second kappa shape index (κ2) is 7.49. The summed E-state index contributed by atoms with van der Waals surface area (Å²) in [5, 5.41) is 2.96. The van der Waals surface area contributed by atoms with Crippen LogP contribution in [0.5, 0.6) is 0 Å². The lowest BCUT2D eigenvalue weighted by atomic mass is 10.0. The maximum absolute atomic E-state index is 13.5. The number of alkyl halides is 3. The van der Waals surface area contributed by atoms with Crippen LogP contribution in [0.15, 0.2) is 36.5 Å². The number of piperidine rings is 1. The van der Waals surface area contributed by atoms with E-state index < -0.39 is 11.7 Å². The Kier molecular flexibility index (Phi) is 5.31. The molecule has 8 heteroatoms. The van der Waals surface area contributed by atoms with Gasteiger partial charge in [-0.1, -0.05) is 18.2 Å². The van der Waals surface area contributed by atoms with Crippen LogP contribution in [0.2, 0.25) is 0 Å². The molecule has 1 N–H and O–H groups in total. The Labute approximate surface area is 150 Å². The van der Waals surface area contributed by atoms with Crippen molar-refractivity contribution in [1.29, 1.82) is 0 Å². The molecule has 5 nitrogen and oxygen atoms in total. The summed E-state index contributed by atoms with van der Waals surface area (Å²) in [6, 6.07) is 9.16. The molecule has 2 heterocycles. The topological polar surface area (TPSA) is 44.3 Å². The average molecular weight is 365 g/mol. The molecule has 0 bridgehead atoms. The van der Waals surface area contributed by atoms with Gasteiger partial charge in [-0.2, -0.15) is 18.2 Å². The molecule has 1 aliphatic heterocycles. The summed E-state index contributed by atoms with van der Waals surface area (Å²) in [6.45, 7) is 1.72. The Balaban J connectivity index is 1.90. The summed E-state index contributed by atoms with van der Waals surface area (Å²) in [4.78, 5) is 11.9. The summed E-state index contributed by atoms with van der Waals surface area (Å²) in [7, 11) is 3.70. The van der Waals surface area contributed by atoms with E-state index in [9.17, 15) is 13.2 Å². The molecule has 1 aromatic carbocycles. The van der Waals surface area contributed by atoms with Gasteiger partial charge in [-0.15, -0.1) is 0 Å². The van der Waals surface area contributed by atoms with E-state index in [0.29, 0.717) is 0 Å². The van der Waals surface area contributed by atoms with Crippen molar-refractivity contribution in [3.8, 4) is 0 Å². The van der Waals surface area contributed by atoms with Crippen molar-refractivity contribution >= 4 is 17.5 Å². The van der Waals surface area contributed by atoms with Gasteiger partial charge in [-0.25, -0.2) is 4.98 Å². The summed E-state index contributed by atoms with van der Waals surface area (Å²) < 4.78 is 40.4. The second-order valence-corrected chi connectivity index (χ2v) is 6.57. The van der Waals surface area contributed by atoms with Crippen LogP contribution in [-0.2, 0) is 6.18 Å². The van der Waals surface area contributed by atoms with E-state index in [2.05, 4.69) is 20.2 Å². The van der Waals surface area contributed by atoms with Gasteiger partial charge in [0.15, 0.2) is 0 Å². The zero-order valence-corrected chi connectivity index (χ0v) is 14.8. The van der Waals surface area contributed by atoms with Crippen LogP contribution < -0.4 is 10.2 Å². The van der Waals surface area contributed by atoms with Gasteiger partial charge < -0.3 is 15.1 Å². The lowest BCUT2D eigenvalue weighted by Crippen LogP contribution is -2.43. The van der Waals surface area contributed by atoms with Gasteiger partial charge in [-0.3, -0.25) is 0 Å². The van der Waals surface area contributed by atoms with Crippen LogP contribution in [0, 0.1) is 0 Å². The third-order valence-corrected chi connectivity index (χ3v) is 4.67. The zero-order valence-electron chi connectivity index (χ0n) is 14.8. The Morgan fingerprint density at radius 2 is 1.81 bits per heavy atom. The smallest absolute Gasteiger partial charge is 0.356 e. The maximum atomic E-state index is 13.5. The van der Waals surface area contributed by atoms with Gasteiger partial charge in [-0.05, 0) is 45.1 Å². The molecule has 0 amide bonds. The monoisotopic (exact) mass is 365 g/mol. The van der Waals surface area contributed by atoms with E-state index >= 15 is 0 Å². The molecular weight excluding hydrogens is 343 g/mol. The van der Waals surface area contributed by atoms with Crippen LogP contribution in [0.25, 0.3) is 0 Å². The summed E-state index contributed by atoms with van der Waals surface area (Å²) in [5.41, 5.74) is -0.0855. The number of hydrogen-bond acceptors (Lipinski definition) is 5. The quantitative estimate of drug-likeness (QED) is 0.894. The van der Waals surface area contributed by atoms with Gasteiger partial charge in [0.05, 0.1) is 0 Å². The molecule has 1 fully saturated rings. The molecule has 3 rings (SSSR count). The van der Waals surface area contributed by atoms with E-state index in [1.165, 1.54) is 0 Å². The number of halogens is 3. The number of para-hydroxylation sites is 1. The number of nitrogens with one attached hydrogen (secondary N) is 1. The van der Waals surface area contributed by atoms with Crippen LogP contribution in [-0.4, -0.2) is 48.1 Å². The number of anilines is 3. The SMILES string of the molecule is CN1CCC(N(C)c2nc(Nc3ccccc3)ncc2C(F)(F)F)CC1. The summed E-state index contributed by atoms with van der Waals surface area (Å²) in [6.07, 6.45) is -2.04. The van der Waals surface area contributed by atoms with Crippen molar-refractivity contribution in [1.82, 2.24) is 14.9 Å². The van der Waals surface area contributed by atoms with E-state index in [-0.39, 0.29) is 17.8 Å². The molecule has 0 unspecified atom stereocenters. The number of nitrogens with zero attached hydrogens (tertiary/aromatic N) is 4. The Morgan fingerprint density at radius 1 is 1.15 bits per heavy atom. The number of aromatic nitrogens is 2. The van der Waals surface area contributed by atoms with Crippen molar-refractivity contribution in [2.24, 2.45) is 0 Å². The number of hydrogen-bond donors (Lipinski definition) is 1. The predicted octanol–water partition coefficient (Wildman–Crippen LogP) is 3.77. The molecule has 0 atom stereocenters. The standard InChI is InChI=1S/C18H22F3N5/c1-25-10-8-14(9-11-25)26(2)16-15(18(19,20)21)12-22-17(24-16)23-13-6-4-3-5-7-13/h3-7,12,14H,8-11H2,1-2H3,(H,22,23,24). The normalized spacial score (nSPS) is 16.5. The van der Waals surface area contributed by atoms with E-state index in [4.69, 9.17) is 0 Å². The van der Waals surface area contributed by atoms with E-state index in [1.54, 1.807) is 24.1 Å². The van der Waals surface area contributed by atoms with Crippen LogP contribution >= 0.6 is 0 Å². The Bertz CT molecular complexity index is 727. The van der Waals surface area contributed by atoms with Crippen molar-refractivity contribution in [3.05, 3.63) is 42.1 Å². The molecule has 26 heavy (non-hydrogen) atoms. The van der Waals surface area contributed by atoms with Gasteiger partial charge in [0.2, 0.25) is 5.95 Å². The van der Waals surface area contributed by atoms with E-state index in [0.717, 1.165) is 37.8 Å². The van der Waals surface area contributed by atoms with Crippen LogP contribution in [0.1, 0.15) is 18.4 Å². The number of benzene rings is 1. The maximum Gasteiger partial charge on any atom is 0.421 e. The average Bonchev–Trinajstić information content (AvgIpc) is 2.61. The summed E-state index contributed by atoms with van der Waals surface area (Å²) >= 11 is 0. The number of likely N-dealkylation sites (tertiary alicyclic amines) is 1. The minimum absolute atomic E-state index is 0.0202. The highest BCUT2D eigenvalue weighted by Crippen LogP contribution is 2.36. The molecule has 0 radical (unpaired) electrons. The Morgan fingerprint density at radius 3 is 2.42 bits per heavy atom. The molecule has 140 valence electrons. The largest absolute Gasteiger partial charge is 0.421 e. The molecule has 0 aliphatic carbocycles. The second-order valence-electron chi connectivity index (χ2n) is 6.57. The van der Waals surface area contributed by atoms with Crippen molar-refractivity contribution in [2.75, 3.05) is 37.4 Å². The van der Waals surface area contributed by atoms with Crippen LogP contribution in [0.3, 0.4) is 0 Å². The fraction of sp³-hybridized carbons (Fsp3) is 0.444. The minimum atomic E-state index is -4.50. The zero-order chi connectivity index (χ0) is 18.7. The third-order valence-electron chi connectivity index (χ3n) is 4.67. The van der Waals surface area contributed by atoms with Gasteiger partial charge in [0.1, 0.15) is 11.4 Å². The van der Waals surface area contributed by atoms with Crippen LogP contribution in [0.4, 0.5) is 30.6 Å². The third kappa shape index (κ3) is 4.24. The van der Waals surface area contributed by atoms with Crippen molar-refractivity contribution in [2.45, 2.75) is 25.1 Å². The molecule has 1 saturated heterocycles. The first-order chi connectivity index (χ1) is 12.3. The minimum Gasteiger partial charge on any atom is -0.356 e. The molecule has 1 aromatic heterocycles. The molecule has 0 spiro atoms. The van der Waals surface area contributed by atoms with Gasteiger partial charge in [0.25, 0.3) is 0 Å². The Hall–Kier alpha value is -2.35. The molecular formula is C18H22F3N5. The van der Waals surface area contributed by atoms with Crippen molar-refractivity contribution < 1.29 is 13.2 Å². The first kappa shape index (κ1) is 18.4.